The number of ether oxygens (including phenoxy) is 1. The summed E-state index contributed by atoms with van der Waals surface area (Å²) in [6.45, 7) is 0.341. The van der Waals surface area contributed by atoms with Crippen LogP contribution >= 0.6 is 0 Å². The quantitative estimate of drug-likeness (QED) is 0.738. The Balaban J connectivity index is 1.75. The maximum atomic E-state index is 12.8. The van der Waals surface area contributed by atoms with E-state index in [1.807, 2.05) is 24.3 Å². The lowest BCUT2D eigenvalue weighted by atomic mass is 10.1. The number of benzene rings is 1. The van der Waals surface area contributed by atoms with Crippen LogP contribution in [0.2, 0.25) is 0 Å². The topological polar surface area (TPSA) is 96.3 Å². The lowest BCUT2D eigenvalue weighted by molar-refractivity contribution is -0.134. The standard InChI is InChI=1S/C18H23N3O5S/c1-20(11-13-5-3-4-6-16(13)26-2)18(23)15-7-8-17(22)21(19-15)14-9-10-27(24,25)12-14/h3-6,14H,7-12H2,1-2H3/t14-/m0/s1. The zero-order valence-electron chi connectivity index (χ0n) is 15.4. The molecule has 146 valence electrons. The summed E-state index contributed by atoms with van der Waals surface area (Å²) in [6, 6.07) is 6.95. The zero-order valence-corrected chi connectivity index (χ0v) is 16.2. The van der Waals surface area contributed by atoms with Crippen LogP contribution in [0, 0.1) is 0 Å². The van der Waals surface area contributed by atoms with Gasteiger partial charge in [0.15, 0.2) is 9.84 Å². The number of amides is 2. The van der Waals surface area contributed by atoms with Crippen molar-refractivity contribution >= 4 is 27.4 Å². The molecule has 0 radical (unpaired) electrons. The minimum absolute atomic E-state index is 0.0496. The van der Waals surface area contributed by atoms with Gasteiger partial charge in [0.2, 0.25) is 5.91 Å². The molecule has 2 heterocycles. The van der Waals surface area contributed by atoms with Crippen LogP contribution in [0.25, 0.3) is 0 Å². The van der Waals surface area contributed by atoms with Gasteiger partial charge in [-0.25, -0.2) is 13.4 Å². The van der Waals surface area contributed by atoms with Crippen molar-refractivity contribution in [1.82, 2.24) is 9.91 Å². The highest BCUT2D eigenvalue weighted by atomic mass is 32.2. The Morgan fingerprint density at radius 2 is 2.07 bits per heavy atom. The molecule has 0 bridgehead atoms. The summed E-state index contributed by atoms with van der Waals surface area (Å²) < 4.78 is 28.7. The Morgan fingerprint density at radius 1 is 1.33 bits per heavy atom. The van der Waals surface area contributed by atoms with Gasteiger partial charge in [-0.2, -0.15) is 5.10 Å². The number of carbonyl (C=O) groups excluding carboxylic acids is 2. The van der Waals surface area contributed by atoms with Crippen LogP contribution in [-0.2, 0) is 26.0 Å². The Morgan fingerprint density at radius 3 is 2.74 bits per heavy atom. The highest BCUT2D eigenvalue weighted by Crippen LogP contribution is 2.23. The molecule has 1 saturated heterocycles. The SMILES string of the molecule is COc1ccccc1CN(C)C(=O)C1=NN([C@H]2CCS(=O)(=O)C2)C(=O)CC1. The smallest absolute Gasteiger partial charge is 0.270 e. The van der Waals surface area contributed by atoms with E-state index in [1.54, 1.807) is 14.2 Å². The van der Waals surface area contributed by atoms with E-state index in [9.17, 15) is 18.0 Å². The fraction of sp³-hybridized carbons (Fsp3) is 0.500. The second kappa shape index (κ2) is 7.67. The molecule has 0 aliphatic carbocycles. The van der Waals surface area contributed by atoms with E-state index in [4.69, 9.17) is 4.74 Å². The summed E-state index contributed by atoms with van der Waals surface area (Å²) in [5, 5.41) is 5.44. The molecule has 0 unspecified atom stereocenters. The number of hydrogen-bond acceptors (Lipinski definition) is 6. The van der Waals surface area contributed by atoms with Crippen molar-refractivity contribution in [3.63, 3.8) is 0 Å². The van der Waals surface area contributed by atoms with Crippen LogP contribution in [0.1, 0.15) is 24.8 Å². The van der Waals surface area contributed by atoms with Crippen molar-refractivity contribution in [3.8, 4) is 5.75 Å². The molecule has 0 spiro atoms. The monoisotopic (exact) mass is 393 g/mol. The molecule has 8 nitrogen and oxygen atoms in total. The molecule has 0 aromatic heterocycles. The average Bonchev–Trinajstić information content (AvgIpc) is 3.01. The van der Waals surface area contributed by atoms with Crippen molar-refractivity contribution < 1.29 is 22.7 Å². The molecule has 3 rings (SSSR count). The van der Waals surface area contributed by atoms with Gasteiger partial charge in [-0.3, -0.25) is 9.59 Å². The summed E-state index contributed by atoms with van der Waals surface area (Å²) >= 11 is 0. The Hall–Kier alpha value is -2.42. The zero-order chi connectivity index (χ0) is 19.6. The third-order valence-corrected chi connectivity index (χ3v) is 6.56. The molecule has 9 heteroatoms. The minimum atomic E-state index is -3.14. The highest BCUT2D eigenvalue weighted by Gasteiger charge is 2.37. The van der Waals surface area contributed by atoms with Gasteiger partial charge in [0.25, 0.3) is 5.91 Å². The number of rotatable bonds is 5. The Bertz CT molecular complexity index is 881. The maximum absolute atomic E-state index is 12.8. The van der Waals surface area contributed by atoms with Crippen LogP contribution in [0.4, 0.5) is 0 Å². The number of hydrogen-bond donors (Lipinski definition) is 0. The summed E-state index contributed by atoms with van der Waals surface area (Å²) in [4.78, 5) is 26.5. The second-order valence-electron chi connectivity index (χ2n) is 6.81. The number of sulfone groups is 1. The molecule has 1 atom stereocenters. The van der Waals surface area contributed by atoms with Crippen LogP contribution in [0.15, 0.2) is 29.4 Å². The number of para-hydroxylation sites is 1. The van der Waals surface area contributed by atoms with Crippen molar-refractivity contribution in [1.29, 1.82) is 0 Å². The molecule has 2 amide bonds. The van der Waals surface area contributed by atoms with E-state index in [-0.39, 0.29) is 41.9 Å². The molecule has 1 fully saturated rings. The maximum Gasteiger partial charge on any atom is 0.270 e. The number of nitrogens with zero attached hydrogens (tertiary/aromatic N) is 3. The number of hydrazone groups is 1. The Kier molecular flexibility index (Phi) is 5.50. The lowest BCUT2D eigenvalue weighted by Crippen LogP contribution is -2.44. The summed E-state index contributed by atoms with van der Waals surface area (Å²) in [7, 11) is 0.0961. The van der Waals surface area contributed by atoms with Gasteiger partial charge >= 0.3 is 0 Å². The van der Waals surface area contributed by atoms with Gasteiger partial charge in [0.05, 0.1) is 24.7 Å². The van der Waals surface area contributed by atoms with Gasteiger partial charge in [-0.15, -0.1) is 0 Å². The molecule has 1 aromatic carbocycles. The summed E-state index contributed by atoms with van der Waals surface area (Å²) in [5.74, 6) is 0.130. The molecule has 27 heavy (non-hydrogen) atoms. The fourth-order valence-electron chi connectivity index (χ4n) is 3.36. The first kappa shape index (κ1) is 19.3. The van der Waals surface area contributed by atoms with Crippen molar-refractivity contribution in [2.24, 2.45) is 5.10 Å². The molecule has 2 aliphatic heterocycles. The normalized spacial score (nSPS) is 21.7. The van der Waals surface area contributed by atoms with Crippen LogP contribution < -0.4 is 4.74 Å². The molecule has 0 saturated carbocycles. The van der Waals surface area contributed by atoms with E-state index in [0.717, 1.165) is 5.56 Å². The van der Waals surface area contributed by atoms with Crippen molar-refractivity contribution in [3.05, 3.63) is 29.8 Å². The summed E-state index contributed by atoms with van der Waals surface area (Å²) in [6.07, 6.45) is 0.767. The average molecular weight is 393 g/mol. The second-order valence-corrected chi connectivity index (χ2v) is 9.04. The fourth-order valence-corrected chi connectivity index (χ4v) is 5.05. The van der Waals surface area contributed by atoms with E-state index in [0.29, 0.717) is 18.7 Å². The first-order valence-electron chi connectivity index (χ1n) is 8.78. The van der Waals surface area contributed by atoms with Crippen LogP contribution in [0.3, 0.4) is 0 Å². The van der Waals surface area contributed by atoms with E-state index in [1.165, 1.54) is 9.91 Å². The minimum Gasteiger partial charge on any atom is -0.496 e. The predicted octanol–water partition coefficient (Wildman–Crippen LogP) is 0.819. The first-order chi connectivity index (χ1) is 12.8. The van der Waals surface area contributed by atoms with Gasteiger partial charge in [-0.1, -0.05) is 18.2 Å². The van der Waals surface area contributed by atoms with Gasteiger partial charge in [-0.05, 0) is 12.5 Å². The first-order valence-corrected chi connectivity index (χ1v) is 10.6. The largest absolute Gasteiger partial charge is 0.496 e. The van der Waals surface area contributed by atoms with E-state index >= 15 is 0 Å². The van der Waals surface area contributed by atoms with Crippen LogP contribution in [0.5, 0.6) is 5.75 Å². The van der Waals surface area contributed by atoms with Crippen LogP contribution in [-0.4, -0.2) is 67.6 Å². The van der Waals surface area contributed by atoms with Gasteiger partial charge < -0.3 is 9.64 Å². The number of methoxy groups -OCH3 is 1. The number of carbonyl (C=O) groups is 2. The molecular weight excluding hydrogens is 370 g/mol. The Labute approximate surface area is 158 Å². The van der Waals surface area contributed by atoms with Gasteiger partial charge in [0, 0.05) is 32.0 Å². The van der Waals surface area contributed by atoms with E-state index in [2.05, 4.69) is 5.10 Å². The predicted molar refractivity (Wildman–Crippen MR) is 100 cm³/mol. The molecule has 2 aliphatic rings. The third-order valence-electron chi connectivity index (χ3n) is 4.81. The van der Waals surface area contributed by atoms with E-state index < -0.39 is 15.9 Å². The molecule has 1 aromatic rings. The van der Waals surface area contributed by atoms with Crippen molar-refractivity contribution in [2.75, 3.05) is 25.7 Å². The van der Waals surface area contributed by atoms with Gasteiger partial charge in [0.1, 0.15) is 11.5 Å². The highest BCUT2D eigenvalue weighted by molar-refractivity contribution is 7.91. The van der Waals surface area contributed by atoms with Crippen molar-refractivity contribution in [2.45, 2.75) is 31.8 Å². The molecule has 0 N–H and O–H groups in total. The lowest BCUT2D eigenvalue weighted by Gasteiger charge is -2.29. The third kappa shape index (κ3) is 4.29. The summed E-state index contributed by atoms with van der Waals surface area (Å²) in [5.41, 5.74) is 1.14. The molecular formula is C18H23N3O5S.